The van der Waals surface area contributed by atoms with E-state index in [4.69, 9.17) is 0 Å². The zero-order valence-electron chi connectivity index (χ0n) is 17.5. The van der Waals surface area contributed by atoms with Crippen molar-refractivity contribution < 1.29 is 9.59 Å². The summed E-state index contributed by atoms with van der Waals surface area (Å²) < 4.78 is 0. The third kappa shape index (κ3) is 5.04. The van der Waals surface area contributed by atoms with Crippen molar-refractivity contribution in [2.24, 2.45) is 5.92 Å². The van der Waals surface area contributed by atoms with E-state index in [-0.39, 0.29) is 23.8 Å². The van der Waals surface area contributed by atoms with Crippen LogP contribution in [0.25, 0.3) is 0 Å². The number of rotatable bonds is 5. The van der Waals surface area contributed by atoms with E-state index < -0.39 is 0 Å². The van der Waals surface area contributed by atoms with Crippen LogP contribution in [-0.2, 0) is 9.59 Å². The number of carbonyl (C=O) groups is 2. The Balaban J connectivity index is 1.41. The molecule has 2 fully saturated rings. The number of nitrogens with zero attached hydrogens (tertiary/aromatic N) is 4. The van der Waals surface area contributed by atoms with E-state index in [2.05, 4.69) is 34.1 Å². The molecule has 6 nitrogen and oxygen atoms in total. The predicted molar refractivity (Wildman–Crippen MR) is 112 cm³/mol. The van der Waals surface area contributed by atoms with E-state index in [1.165, 1.54) is 5.69 Å². The van der Waals surface area contributed by atoms with Gasteiger partial charge in [-0.05, 0) is 38.8 Å². The third-order valence-corrected chi connectivity index (χ3v) is 6.17. The van der Waals surface area contributed by atoms with Gasteiger partial charge in [-0.15, -0.1) is 0 Å². The highest BCUT2D eigenvalue weighted by molar-refractivity contribution is 5.81. The zero-order chi connectivity index (χ0) is 20.1. The Hall–Kier alpha value is -2.08. The molecule has 1 aromatic rings. The fraction of sp³-hybridized carbons (Fsp3) is 0.636. The summed E-state index contributed by atoms with van der Waals surface area (Å²) in [7, 11) is 1.87. The Bertz CT molecular complexity index is 648. The second-order valence-electron chi connectivity index (χ2n) is 8.30. The van der Waals surface area contributed by atoms with Crippen LogP contribution < -0.4 is 4.90 Å². The van der Waals surface area contributed by atoms with Crippen LogP contribution in [0.5, 0.6) is 0 Å². The molecule has 3 rings (SSSR count). The first-order valence-corrected chi connectivity index (χ1v) is 10.5. The van der Waals surface area contributed by atoms with Crippen molar-refractivity contribution in [1.29, 1.82) is 0 Å². The SMILES string of the molecule is CC(C)N(C)C(=O)C1CCN(C(=O)CN2CCN(c3ccccc3)CC2)CC1. The zero-order valence-corrected chi connectivity index (χ0v) is 17.5. The molecule has 28 heavy (non-hydrogen) atoms. The van der Waals surface area contributed by atoms with Crippen LogP contribution >= 0.6 is 0 Å². The lowest BCUT2D eigenvalue weighted by molar-refractivity contribution is -0.141. The quantitative estimate of drug-likeness (QED) is 0.776. The van der Waals surface area contributed by atoms with Crippen molar-refractivity contribution in [3.63, 3.8) is 0 Å². The van der Waals surface area contributed by atoms with Crippen molar-refractivity contribution in [3.8, 4) is 0 Å². The molecule has 0 atom stereocenters. The van der Waals surface area contributed by atoms with Crippen LogP contribution in [0.4, 0.5) is 5.69 Å². The fourth-order valence-electron chi connectivity index (χ4n) is 4.01. The molecule has 2 aliphatic heterocycles. The molecular weight excluding hydrogens is 352 g/mol. The van der Waals surface area contributed by atoms with Gasteiger partial charge in [0.05, 0.1) is 6.54 Å². The molecule has 0 saturated carbocycles. The summed E-state index contributed by atoms with van der Waals surface area (Å²) in [4.78, 5) is 33.6. The minimum absolute atomic E-state index is 0.0610. The molecule has 2 amide bonds. The number of likely N-dealkylation sites (tertiary alicyclic amines) is 1. The summed E-state index contributed by atoms with van der Waals surface area (Å²) in [6.45, 7) is 9.69. The fourth-order valence-corrected chi connectivity index (χ4v) is 4.01. The van der Waals surface area contributed by atoms with E-state index >= 15 is 0 Å². The van der Waals surface area contributed by atoms with Gasteiger partial charge in [0.1, 0.15) is 0 Å². The lowest BCUT2D eigenvalue weighted by Crippen LogP contribution is -2.51. The first kappa shape index (κ1) is 20.6. The van der Waals surface area contributed by atoms with Gasteiger partial charge in [-0.1, -0.05) is 18.2 Å². The number of piperazine rings is 1. The summed E-state index contributed by atoms with van der Waals surface area (Å²) in [6, 6.07) is 10.7. The average molecular weight is 387 g/mol. The molecule has 1 aromatic carbocycles. The third-order valence-electron chi connectivity index (χ3n) is 6.17. The normalized spacial score (nSPS) is 19.1. The molecule has 2 heterocycles. The maximum Gasteiger partial charge on any atom is 0.236 e. The lowest BCUT2D eigenvalue weighted by atomic mass is 9.95. The highest BCUT2D eigenvalue weighted by Crippen LogP contribution is 2.21. The van der Waals surface area contributed by atoms with Crippen LogP contribution in [0.3, 0.4) is 0 Å². The monoisotopic (exact) mass is 386 g/mol. The number of piperidine rings is 1. The first-order chi connectivity index (χ1) is 13.5. The van der Waals surface area contributed by atoms with Crippen molar-refractivity contribution in [3.05, 3.63) is 30.3 Å². The Labute approximate surface area is 169 Å². The van der Waals surface area contributed by atoms with Gasteiger partial charge in [0, 0.05) is 64.0 Å². The number of carbonyl (C=O) groups excluding carboxylic acids is 2. The number of para-hydroxylation sites is 1. The summed E-state index contributed by atoms with van der Waals surface area (Å²) >= 11 is 0. The average Bonchev–Trinajstić information content (AvgIpc) is 2.74. The molecule has 2 aliphatic rings. The minimum Gasteiger partial charge on any atom is -0.369 e. The minimum atomic E-state index is 0.0610. The van der Waals surface area contributed by atoms with Crippen LogP contribution in [0.15, 0.2) is 30.3 Å². The number of hydrogen-bond acceptors (Lipinski definition) is 4. The summed E-state index contributed by atoms with van der Waals surface area (Å²) in [5.74, 6) is 0.487. The van der Waals surface area contributed by atoms with Gasteiger partial charge in [-0.25, -0.2) is 0 Å². The molecule has 0 aliphatic carbocycles. The number of anilines is 1. The lowest BCUT2D eigenvalue weighted by Gasteiger charge is -2.38. The van der Waals surface area contributed by atoms with Crippen molar-refractivity contribution in [2.75, 3.05) is 57.8 Å². The van der Waals surface area contributed by atoms with Crippen molar-refractivity contribution in [2.45, 2.75) is 32.7 Å². The number of hydrogen-bond donors (Lipinski definition) is 0. The second kappa shape index (κ2) is 9.41. The maximum absolute atomic E-state index is 12.7. The maximum atomic E-state index is 12.7. The van der Waals surface area contributed by atoms with Gasteiger partial charge in [-0.3, -0.25) is 14.5 Å². The van der Waals surface area contributed by atoms with Gasteiger partial charge >= 0.3 is 0 Å². The highest BCUT2D eigenvalue weighted by Gasteiger charge is 2.30. The van der Waals surface area contributed by atoms with Crippen LogP contribution in [0.1, 0.15) is 26.7 Å². The smallest absolute Gasteiger partial charge is 0.236 e. The number of benzene rings is 1. The van der Waals surface area contributed by atoms with Crippen LogP contribution in [-0.4, -0.2) is 85.4 Å². The molecule has 0 spiro atoms. The molecule has 0 unspecified atom stereocenters. The Kier molecular flexibility index (Phi) is 6.94. The molecule has 0 N–H and O–H groups in total. The van der Waals surface area contributed by atoms with Crippen LogP contribution in [0, 0.1) is 5.92 Å². The molecule has 154 valence electrons. The first-order valence-electron chi connectivity index (χ1n) is 10.5. The standard InChI is InChI=1S/C22H34N4O2/c1-18(2)23(3)22(28)19-9-11-26(12-10-19)21(27)17-24-13-15-25(16-14-24)20-7-5-4-6-8-20/h4-8,18-19H,9-17H2,1-3H3. The van der Waals surface area contributed by atoms with E-state index in [1.54, 1.807) is 0 Å². The second-order valence-corrected chi connectivity index (χ2v) is 8.30. The van der Waals surface area contributed by atoms with Gasteiger partial charge in [0.2, 0.25) is 11.8 Å². The molecule has 0 bridgehead atoms. The van der Waals surface area contributed by atoms with E-state index in [1.807, 2.05) is 36.8 Å². The van der Waals surface area contributed by atoms with Gasteiger partial charge in [0.25, 0.3) is 0 Å². The van der Waals surface area contributed by atoms with Gasteiger partial charge in [0.15, 0.2) is 0 Å². The molecule has 6 heteroatoms. The predicted octanol–water partition coefficient (Wildman–Crippen LogP) is 1.91. The van der Waals surface area contributed by atoms with E-state index in [0.717, 1.165) is 39.0 Å². The van der Waals surface area contributed by atoms with Gasteiger partial charge < -0.3 is 14.7 Å². The Morgan fingerprint density at radius 2 is 1.61 bits per heavy atom. The van der Waals surface area contributed by atoms with Crippen LogP contribution in [0.2, 0.25) is 0 Å². The highest BCUT2D eigenvalue weighted by atomic mass is 16.2. The Morgan fingerprint density at radius 1 is 1.00 bits per heavy atom. The van der Waals surface area contributed by atoms with E-state index in [0.29, 0.717) is 19.6 Å². The molecule has 2 saturated heterocycles. The molecule has 0 radical (unpaired) electrons. The van der Waals surface area contributed by atoms with E-state index in [9.17, 15) is 9.59 Å². The van der Waals surface area contributed by atoms with Crippen molar-refractivity contribution >= 4 is 17.5 Å². The summed E-state index contributed by atoms with van der Waals surface area (Å²) in [5, 5.41) is 0. The summed E-state index contributed by atoms with van der Waals surface area (Å²) in [6.07, 6.45) is 1.56. The number of amides is 2. The largest absolute Gasteiger partial charge is 0.369 e. The molecule has 0 aromatic heterocycles. The summed E-state index contributed by atoms with van der Waals surface area (Å²) in [5.41, 5.74) is 1.26. The Morgan fingerprint density at radius 3 is 2.18 bits per heavy atom. The van der Waals surface area contributed by atoms with Gasteiger partial charge in [-0.2, -0.15) is 0 Å². The van der Waals surface area contributed by atoms with Crippen molar-refractivity contribution in [1.82, 2.24) is 14.7 Å². The molecular formula is C22H34N4O2. The topological polar surface area (TPSA) is 47.1 Å².